The van der Waals surface area contributed by atoms with Crippen molar-refractivity contribution >= 4 is 16.9 Å². The number of halogens is 3. The largest absolute Gasteiger partial charge is 0.406 e. The van der Waals surface area contributed by atoms with Crippen LogP contribution in [0.2, 0.25) is 0 Å². The van der Waals surface area contributed by atoms with Gasteiger partial charge in [-0.05, 0) is 18.6 Å². The maximum atomic E-state index is 12.5. The summed E-state index contributed by atoms with van der Waals surface area (Å²) in [4.78, 5) is 19.9. The molecule has 2 aromatic heterocycles. The highest BCUT2D eigenvalue weighted by atomic mass is 19.4. The van der Waals surface area contributed by atoms with Gasteiger partial charge in [0.05, 0.1) is 5.56 Å². The van der Waals surface area contributed by atoms with Crippen LogP contribution in [0.25, 0.3) is 11.0 Å². The molecule has 7 heteroatoms. The fraction of sp³-hybridized carbons (Fsp3) is 0.385. The Morgan fingerprint density at radius 2 is 2.20 bits per heavy atom. The number of nitrogens with one attached hydrogen (secondary N) is 1. The minimum Gasteiger partial charge on any atom is -0.345 e. The summed E-state index contributed by atoms with van der Waals surface area (Å²) < 4.78 is 37.6. The summed E-state index contributed by atoms with van der Waals surface area (Å²) in [6.45, 7) is 0.547. The SMILES string of the molecule is CCCN(CC(F)(F)F)C(=O)c1c[nH]c2ncccc12. The Morgan fingerprint density at radius 1 is 1.45 bits per heavy atom. The van der Waals surface area contributed by atoms with Crippen molar-refractivity contribution in [2.45, 2.75) is 19.5 Å². The molecule has 0 spiro atoms. The third-order valence-electron chi connectivity index (χ3n) is 2.83. The van der Waals surface area contributed by atoms with Gasteiger partial charge in [0.2, 0.25) is 0 Å². The summed E-state index contributed by atoms with van der Waals surface area (Å²) >= 11 is 0. The zero-order chi connectivity index (χ0) is 14.8. The van der Waals surface area contributed by atoms with Gasteiger partial charge in [-0.25, -0.2) is 4.98 Å². The van der Waals surface area contributed by atoms with E-state index in [-0.39, 0.29) is 12.1 Å². The molecule has 0 unspecified atom stereocenters. The lowest BCUT2D eigenvalue weighted by Gasteiger charge is -2.23. The number of carbonyl (C=O) groups excluding carboxylic acids is 1. The van der Waals surface area contributed by atoms with Crippen LogP contribution in [0.4, 0.5) is 13.2 Å². The lowest BCUT2D eigenvalue weighted by molar-refractivity contribution is -0.140. The molecular weight excluding hydrogens is 271 g/mol. The van der Waals surface area contributed by atoms with Crippen LogP contribution >= 0.6 is 0 Å². The number of aromatic amines is 1. The molecule has 0 aliphatic rings. The lowest BCUT2D eigenvalue weighted by atomic mass is 10.2. The molecule has 108 valence electrons. The highest BCUT2D eigenvalue weighted by Gasteiger charge is 2.33. The molecular formula is C13H14F3N3O. The van der Waals surface area contributed by atoms with E-state index < -0.39 is 18.6 Å². The molecule has 20 heavy (non-hydrogen) atoms. The molecule has 0 aliphatic heterocycles. The number of H-pyrrole nitrogens is 1. The molecule has 0 fully saturated rings. The normalized spacial score (nSPS) is 11.8. The number of hydrogen-bond acceptors (Lipinski definition) is 2. The van der Waals surface area contributed by atoms with Gasteiger partial charge in [0.25, 0.3) is 5.91 Å². The van der Waals surface area contributed by atoms with E-state index in [9.17, 15) is 18.0 Å². The van der Waals surface area contributed by atoms with Gasteiger partial charge in [-0.3, -0.25) is 4.79 Å². The number of fused-ring (bicyclic) bond motifs is 1. The van der Waals surface area contributed by atoms with E-state index in [1.165, 1.54) is 6.20 Å². The predicted molar refractivity (Wildman–Crippen MR) is 68.3 cm³/mol. The number of rotatable bonds is 4. The van der Waals surface area contributed by atoms with E-state index in [1.54, 1.807) is 25.3 Å². The first-order valence-electron chi connectivity index (χ1n) is 6.20. The summed E-state index contributed by atoms with van der Waals surface area (Å²) in [5, 5.41) is 0.528. The number of amides is 1. The van der Waals surface area contributed by atoms with Gasteiger partial charge < -0.3 is 9.88 Å². The molecule has 2 rings (SSSR count). The molecule has 0 aromatic carbocycles. The van der Waals surface area contributed by atoms with Crippen LogP contribution < -0.4 is 0 Å². The average Bonchev–Trinajstić information content (AvgIpc) is 2.79. The first-order valence-corrected chi connectivity index (χ1v) is 6.20. The van der Waals surface area contributed by atoms with Crippen molar-refractivity contribution < 1.29 is 18.0 Å². The third kappa shape index (κ3) is 3.09. The Kier molecular flexibility index (Phi) is 3.96. The van der Waals surface area contributed by atoms with E-state index in [0.29, 0.717) is 17.5 Å². The molecule has 1 amide bonds. The third-order valence-corrected chi connectivity index (χ3v) is 2.83. The summed E-state index contributed by atoms with van der Waals surface area (Å²) in [5.74, 6) is -0.636. The monoisotopic (exact) mass is 285 g/mol. The van der Waals surface area contributed by atoms with Crippen LogP contribution in [0.1, 0.15) is 23.7 Å². The Morgan fingerprint density at radius 3 is 2.85 bits per heavy atom. The number of hydrogen-bond donors (Lipinski definition) is 1. The van der Waals surface area contributed by atoms with Crippen LogP contribution in [0.5, 0.6) is 0 Å². The van der Waals surface area contributed by atoms with Gasteiger partial charge in [-0.2, -0.15) is 13.2 Å². The zero-order valence-electron chi connectivity index (χ0n) is 10.9. The number of nitrogens with zero attached hydrogens (tertiary/aromatic N) is 2. The molecule has 0 radical (unpaired) electrons. The van der Waals surface area contributed by atoms with Crippen LogP contribution in [-0.4, -0.2) is 40.0 Å². The van der Waals surface area contributed by atoms with Crippen molar-refractivity contribution in [3.05, 3.63) is 30.1 Å². The fourth-order valence-corrected chi connectivity index (χ4v) is 2.04. The van der Waals surface area contributed by atoms with Crippen molar-refractivity contribution in [2.75, 3.05) is 13.1 Å². The number of pyridine rings is 1. The number of aromatic nitrogens is 2. The van der Waals surface area contributed by atoms with Crippen molar-refractivity contribution in [1.82, 2.24) is 14.9 Å². The zero-order valence-corrected chi connectivity index (χ0v) is 10.9. The van der Waals surface area contributed by atoms with Gasteiger partial charge >= 0.3 is 6.18 Å². The van der Waals surface area contributed by atoms with Gasteiger partial charge in [0.15, 0.2) is 0 Å². The molecule has 0 saturated heterocycles. The van der Waals surface area contributed by atoms with Crippen LogP contribution in [0, 0.1) is 0 Å². The highest BCUT2D eigenvalue weighted by Crippen LogP contribution is 2.21. The average molecular weight is 285 g/mol. The maximum absolute atomic E-state index is 12.5. The minimum atomic E-state index is -4.41. The van der Waals surface area contributed by atoms with Gasteiger partial charge in [0.1, 0.15) is 12.2 Å². The molecule has 2 aromatic rings. The number of alkyl halides is 3. The van der Waals surface area contributed by atoms with Crippen molar-refractivity contribution in [1.29, 1.82) is 0 Å². The Hall–Kier alpha value is -2.05. The van der Waals surface area contributed by atoms with Gasteiger partial charge in [-0.15, -0.1) is 0 Å². The second-order valence-corrected chi connectivity index (χ2v) is 4.44. The summed E-state index contributed by atoms with van der Waals surface area (Å²) in [6, 6.07) is 3.30. The molecule has 0 atom stereocenters. The molecule has 4 nitrogen and oxygen atoms in total. The summed E-state index contributed by atoms with van der Waals surface area (Å²) in [5.41, 5.74) is 0.699. The lowest BCUT2D eigenvalue weighted by Crippen LogP contribution is -2.39. The Balaban J connectivity index is 2.31. The van der Waals surface area contributed by atoms with Crippen molar-refractivity contribution in [3.8, 4) is 0 Å². The second-order valence-electron chi connectivity index (χ2n) is 4.44. The Labute approximate surface area is 113 Å². The quantitative estimate of drug-likeness (QED) is 0.938. The van der Waals surface area contributed by atoms with E-state index in [1.807, 2.05) is 0 Å². The van der Waals surface area contributed by atoms with Gasteiger partial charge in [0, 0.05) is 24.3 Å². The van der Waals surface area contributed by atoms with Gasteiger partial charge in [-0.1, -0.05) is 6.92 Å². The van der Waals surface area contributed by atoms with Crippen LogP contribution in [0.15, 0.2) is 24.5 Å². The smallest absolute Gasteiger partial charge is 0.345 e. The minimum absolute atomic E-state index is 0.0608. The molecule has 0 saturated carbocycles. The van der Waals surface area contributed by atoms with Crippen molar-refractivity contribution in [2.24, 2.45) is 0 Å². The Bertz CT molecular complexity index is 606. The summed E-state index contributed by atoms with van der Waals surface area (Å²) in [6.07, 6.45) is -0.997. The molecule has 0 bridgehead atoms. The van der Waals surface area contributed by atoms with Crippen molar-refractivity contribution in [3.63, 3.8) is 0 Å². The van der Waals surface area contributed by atoms with Crippen LogP contribution in [0.3, 0.4) is 0 Å². The van der Waals surface area contributed by atoms with E-state index in [0.717, 1.165) is 4.90 Å². The standard InChI is InChI=1S/C13H14F3N3O/c1-2-6-19(8-13(14,15)16)12(20)10-7-18-11-9(10)4-3-5-17-11/h3-5,7H,2,6,8H2,1H3,(H,17,18). The second kappa shape index (κ2) is 5.52. The fourth-order valence-electron chi connectivity index (χ4n) is 2.04. The van der Waals surface area contributed by atoms with Crippen LogP contribution in [-0.2, 0) is 0 Å². The molecule has 1 N–H and O–H groups in total. The molecule has 2 heterocycles. The van der Waals surface area contributed by atoms with E-state index in [2.05, 4.69) is 9.97 Å². The van der Waals surface area contributed by atoms with E-state index >= 15 is 0 Å². The predicted octanol–water partition coefficient (Wildman–Crippen LogP) is 2.98. The topological polar surface area (TPSA) is 49.0 Å². The number of carbonyl (C=O) groups is 1. The maximum Gasteiger partial charge on any atom is 0.406 e. The van der Waals surface area contributed by atoms with E-state index in [4.69, 9.17) is 0 Å². The highest BCUT2D eigenvalue weighted by molar-refractivity contribution is 6.05. The molecule has 0 aliphatic carbocycles. The summed E-state index contributed by atoms with van der Waals surface area (Å²) in [7, 11) is 0. The first kappa shape index (κ1) is 14.4. The first-order chi connectivity index (χ1) is 9.42.